The van der Waals surface area contributed by atoms with Crippen LogP contribution in [0.1, 0.15) is 89.5 Å². The summed E-state index contributed by atoms with van der Waals surface area (Å²) < 4.78 is 0. The molecule has 0 spiro atoms. The molecule has 0 radical (unpaired) electrons. The van der Waals surface area contributed by atoms with Crippen LogP contribution in [0.3, 0.4) is 0 Å². The summed E-state index contributed by atoms with van der Waals surface area (Å²) in [6.07, 6.45) is 19.3. The number of aliphatic hydroxyl groups excluding tert-OH is 1. The number of rotatable bonds is 15. The maximum absolute atomic E-state index is 9.48. The molecule has 0 saturated carbocycles. The molecule has 1 unspecified atom stereocenters. The number of hydrogen-bond donors (Lipinski definition) is 3. The van der Waals surface area contributed by atoms with Crippen LogP contribution in [-0.2, 0) is 6.42 Å². The van der Waals surface area contributed by atoms with Crippen LogP contribution >= 0.6 is 0 Å². The molecule has 0 aliphatic heterocycles. The minimum absolute atomic E-state index is 0.0995. The molecule has 0 aromatic heterocycles. The summed E-state index contributed by atoms with van der Waals surface area (Å²) in [7, 11) is 0. The van der Waals surface area contributed by atoms with E-state index < -0.39 is 0 Å². The van der Waals surface area contributed by atoms with Crippen LogP contribution in [0.2, 0.25) is 0 Å². The molecule has 1 atom stereocenters. The molecule has 1 rings (SSSR count). The van der Waals surface area contributed by atoms with Crippen LogP contribution in [0.15, 0.2) is 30.4 Å². The Kier molecular flexibility index (Phi) is 12.7. The summed E-state index contributed by atoms with van der Waals surface area (Å²) in [4.78, 5) is 0. The summed E-state index contributed by atoms with van der Waals surface area (Å²) in [5, 5.41) is 28.4. The van der Waals surface area contributed by atoms with E-state index in [1.165, 1.54) is 57.4 Å². The number of phenols is 2. The van der Waals surface area contributed by atoms with E-state index in [4.69, 9.17) is 0 Å². The van der Waals surface area contributed by atoms with Crippen LogP contribution in [0.25, 0.3) is 0 Å². The average molecular weight is 363 g/mol. The Balaban J connectivity index is 1.88. The fourth-order valence-electron chi connectivity index (χ4n) is 3.18. The highest BCUT2D eigenvalue weighted by atomic mass is 16.3. The second-order valence-corrected chi connectivity index (χ2v) is 7.34. The van der Waals surface area contributed by atoms with Crippen molar-refractivity contribution < 1.29 is 15.3 Å². The molecular weight excluding hydrogens is 324 g/mol. The number of aromatic hydroxyl groups is 2. The van der Waals surface area contributed by atoms with Gasteiger partial charge in [-0.3, -0.25) is 0 Å². The summed E-state index contributed by atoms with van der Waals surface area (Å²) in [6, 6.07) is 4.83. The summed E-state index contributed by atoms with van der Waals surface area (Å²) in [5.41, 5.74) is 1.01. The Morgan fingerprint density at radius 2 is 1.31 bits per heavy atom. The maximum Gasteiger partial charge on any atom is 0.119 e. The highest BCUT2D eigenvalue weighted by molar-refractivity contribution is 5.36. The fraction of sp³-hybridized carbons (Fsp3) is 0.652. The summed E-state index contributed by atoms with van der Waals surface area (Å²) >= 11 is 0. The lowest BCUT2D eigenvalue weighted by Crippen LogP contribution is -2.03. The molecular formula is C23H38O3. The van der Waals surface area contributed by atoms with Gasteiger partial charge in [0.05, 0.1) is 6.10 Å². The van der Waals surface area contributed by atoms with Gasteiger partial charge >= 0.3 is 0 Å². The van der Waals surface area contributed by atoms with Gasteiger partial charge in [0.1, 0.15) is 11.5 Å². The van der Waals surface area contributed by atoms with E-state index in [-0.39, 0.29) is 17.6 Å². The Labute approximate surface area is 159 Å². The van der Waals surface area contributed by atoms with Crippen LogP contribution in [0.5, 0.6) is 11.5 Å². The van der Waals surface area contributed by atoms with E-state index in [0.717, 1.165) is 37.7 Å². The fourth-order valence-corrected chi connectivity index (χ4v) is 3.18. The predicted octanol–water partition coefficient (Wildman–Crippen LogP) is 6.26. The second kappa shape index (κ2) is 14.7. The number of phenolic OH excluding ortho intramolecular Hbond substituents is 2. The van der Waals surface area contributed by atoms with Crippen molar-refractivity contribution in [2.45, 2.75) is 96.5 Å². The molecule has 3 heteroatoms. The minimum Gasteiger partial charge on any atom is -0.508 e. The van der Waals surface area contributed by atoms with Gasteiger partial charge in [0.2, 0.25) is 0 Å². The van der Waals surface area contributed by atoms with E-state index >= 15 is 0 Å². The molecule has 3 nitrogen and oxygen atoms in total. The first-order valence-electron chi connectivity index (χ1n) is 10.5. The zero-order valence-electron chi connectivity index (χ0n) is 16.5. The quantitative estimate of drug-likeness (QED) is 0.255. The maximum atomic E-state index is 9.48. The van der Waals surface area contributed by atoms with Crippen LogP contribution < -0.4 is 0 Å². The van der Waals surface area contributed by atoms with Crippen molar-refractivity contribution in [1.29, 1.82) is 0 Å². The molecule has 0 saturated heterocycles. The smallest absolute Gasteiger partial charge is 0.119 e. The van der Waals surface area contributed by atoms with Crippen molar-refractivity contribution in [2.24, 2.45) is 0 Å². The molecule has 26 heavy (non-hydrogen) atoms. The first-order chi connectivity index (χ1) is 12.6. The van der Waals surface area contributed by atoms with Gasteiger partial charge in [-0.1, -0.05) is 51.2 Å². The number of unbranched alkanes of at least 4 members (excludes halogenated alkanes) is 8. The molecule has 0 fully saturated rings. The molecule has 0 heterocycles. The zero-order valence-corrected chi connectivity index (χ0v) is 16.5. The van der Waals surface area contributed by atoms with Gasteiger partial charge in [0.15, 0.2) is 0 Å². The van der Waals surface area contributed by atoms with E-state index in [9.17, 15) is 15.3 Å². The number of aryl methyl sites for hydroxylation is 1. The largest absolute Gasteiger partial charge is 0.508 e. The third-order valence-electron chi connectivity index (χ3n) is 4.84. The van der Waals surface area contributed by atoms with Gasteiger partial charge < -0.3 is 15.3 Å². The molecule has 3 N–H and O–H groups in total. The standard InChI is InChI=1S/C23H38O3/c1-2-21(24)16-14-12-10-8-6-4-3-5-7-9-11-13-15-20-17-22(25)19-23(26)18-20/h4,6,17-19,21,24-26H,2-3,5,7-16H2,1H3. The van der Waals surface area contributed by atoms with Crippen molar-refractivity contribution in [2.75, 3.05) is 0 Å². The lowest BCUT2D eigenvalue weighted by molar-refractivity contribution is 0.156. The Hall–Kier alpha value is -1.48. The monoisotopic (exact) mass is 362 g/mol. The first-order valence-corrected chi connectivity index (χ1v) is 10.5. The predicted molar refractivity (Wildman–Crippen MR) is 110 cm³/mol. The normalized spacial score (nSPS) is 12.7. The lowest BCUT2D eigenvalue weighted by Gasteiger charge is -2.05. The van der Waals surface area contributed by atoms with E-state index in [1.807, 2.05) is 6.92 Å². The highest BCUT2D eigenvalue weighted by Gasteiger charge is 2.00. The van der Waals surface area contributed by atoms with Gasteiger partial charge in [-0.15, -0.1) is 0 Å². The summed E-state index contributed by atoms with van der Waals surface area (Å²) in [5.74, 6) is 0.288. The van der Waals surface area contributed by atoms with Gasteiger partial charge in [0.25, 0.3) is 0 Å². The highest BCUT2D eigenvalue weighted by Crippen LogP contribution is 2.22. The number of allylic oxidation sites excluding steroid dienone is 2. The Morgan fingerprint density at radius 3 is 1.92 bits per heavy atom. The van der Waals surface area contributed by atoms with E-state index in [2.05, 4.69) is 12.2 Å². The second-order valence-electron chi connectivity index (χ2n) is 7.34. The Bertz CT molecular complexity index is 476. The lowest BCUT2D eigenvalue weighted by atomic mass is 10.0. The summed E-state index contributed by atoms with van der Waals surface area (Å²) in [6.45, 7) is 2.04. The van der Waals surface area contributed by atoms with Gasteiger partial charge in [-0.2, -0.15) is 0 Å². The zero-order chi connectivity index (χ0) is 19.0. The molecule has 1 aromatic carbocycles. The van der Waals surface area contributed by atoms with Crippen molar-refractivity contribution in [1.82, 2.24) is 0 Å². The molecule has 0 amide bonds. The van der Waals surface area contributed by atoms with Crippen LogP contribution in [0, 0.1) is 0 Å². The molecule has 0 bridgehead atoms. The van der Waals surface area contributed by atoms with Crippen LogP contribution in [0.4, 0.5) is 0 Å². The average Bonchev–Trinajstić information content (AvgIpc) is 2.60. The van der Waals surface area contributed by atoms with Gasteiger partial charge in [-0.05, 0) is 69.1 Å². The molecule has 0 aliphatic rings. The number of hydrogen-bond acceptors (Lipinski definition) is 3. The molecule has 148 valence electrons. The van der Waals surface area contributed by atoms with Crippen molar-refractivity contribution >= 4 is 0 Å². The number of aliphatic hydroxyl groups is 1. The van der Waals surface area contributed by atoms with Crippen molar-refractivity contribution in [3.8, 4) is 11.5 Å². The van der Waals surface area contributed by atoms with Crippen molar-refractivity contribution in [3.05, 3.63) is 35.9 Å². The van der Waals surface area contributed by atoms with E-state index in [1.54, 1.807) is 12.1 Å². The van der Waals surface area contributed by atoms with Crippen LogP contribution in [-0.4, -0.2) is 21.4 Å². The third kappa shape index (κ3) is 12.0. The van der Waals surface area contributed by atoms with Gasteiger partial charge in [0, 0.05) is 6.07 Å². The third-order valence-corrected chi connectivity index (χ3v) is 4.84. The minimum atomic E-state index is -0.0995. The SMILES string of the molecule is CCC(O)CCCCCC=CCCCCCCCc1cc(O)cc(O)c1. The Morgan fingerprint density at radius 1 is 0.769 bits per heavy atom. The number of benzene rings is 1. The molecule has 1 aromatic rings. The van der Waals surface area contributed by atoms with Gasteiger partial charge in [-0.25, -0.2) is 0 Å². The van der Waals surface area contributed by atoms with Crippen molar-refractivity contribution in [3.63, 3.8) is 0 Å². The molecule has 0 aliphatic carbocycles. The topological polar surface area (TPSA) is 60.7 Å². The first kappa shape index (κ1) is 22.6. The van der Waals surface area contributed by atoms with E-state index in [0.29, 0.717) is 0 Å².